The minimum absolute atomic E-state index is 0.139. The summed E-state index contributed by atoms with van der Waals surface area (Å²) in [5.41, 5.74) is 1.94. The normalized spacial score (nSPS) is 17.6. The Morgan fingerprint density at radius 3 is 2.12 bits per heavy atom. The summed E-state index contributed by atoms with van der Waals surface area (Å²) in [6.07, 6.45) is 2.41. The van der Waals surface area contributed by atoms with Crippen LogP contribution >= 0.6 is 23.4 Å². The first-order chi connectivity index (χ1) is 15.5. The van der Waals surface area contributed by atoms with Gasteiger partial charge in [-0.3, -0.25) is 24.2 Å². The fourth-order valence-corrected chi connectivity index (χ4v) is 4.85. The summed E-state index contributed by atoms with van der Waals surface area (Å²) in [4.78, 5) is 44.7. The number of fused-ring (bicyclic) bond motifs is 1. The predicted molar refractivity (Wildman–Crippen MR) is 127 cm³/mol. The van der Waals surface area contributed by atoms with E-state index in [4.69, 9.17) is 11.6 Å². The van der Waals surface area contributed by atoms with Gasteiger partial charge < -0.3 is 4.90 Å². The molecule has 1 saturated heterocycles. The van der Waals surface area contributed by atoms with Crippen molar-refractivity contribution in [2.24, 2.45) is 0 Å². The van der Waals surface area contributed by atoms with Crippen molar-refractivity contribution < 1.29 is 14.4 Å². The standard InChI is InChI=1S/C24H26ClN3O3S/c1-32-15-10-21(28-22(29)19-4-2-3-5-20(19)23(28)30)24(31)27-13-11-26(12-14-27)16-17-6-8-18(25)9-7-17/h2-9,21H,10-16H2,1H3. The zero-order chi connectivity index (χ0) is 22.7. The Kier molecular flexibility index (Phi) is 7.18. The van der Waals surface area contributed by atoms with Crippen molar-refractivity contribution in [1.29, 1.82) is 0 Å². The number of halogens is 1. The van der Waals surface area contributed by atoms with Gasteiger partial charge in [0, 0.05) is 37.7 Å². The van der Waals surface area contributed by atoms with Crippen LogP contribution in [0.15, 0.2) is 48.5 Å². The Hall–Kier alpha value is -2.35. The van der Waals surface area contributed by atoms with Gasteiger partial charge in [0.25, 0.3) is 11.8 Å². The van der Waals surface area contributed by atoms with Crippen molar-refractivity contribution in [2.75, 3.05) is 38.2 Å². The summed E-state index contributed by atoms with van der Waals surface area (Å²) in [6, 6.07) is 13.8. The molecule has 1 fully saturated rings. The maximum Gasteiger partial charge on any atom is 0.262 e. The van der Waals surface area contributed by atoms with Gasteiger partial charge in [0.1, 0.15) is 6.04 Å². The zero-order valence-electron chi connectivity index (χ0n) is 18.0. The molecule has 6 nitrogen and oxygen atoms in total. The van der Waals surface area contributed by atoms with Crippen molar-refractivity contribution in [1.82, 2.24) is 14.7 Å². The molecule has 32 heavy (non-hydrogen) atoms. The van der Waals surface area contributed by atoms with Crippen LogP contribution in [0.2, 0.25) is 5.02 Å². The Balaban J connectivity index is 1.43. The summed E-state index contributed by atoms with van der Waals surface area (Å²) in [7, 11) is 0. The van der Waals surface area contributed by atoms with Crippen molar-refractivity contribution in [3.8, 4) is 0 Å². The first kappa shape index (κ1) is 22.8. The summed E-state index contributed by atoms with van der Waals surface area (Å²) >= 11 is 7.57. The van der Waals surface area contributed by atoms with Gasteiger partial charge >= 0.3 is 0 Å². The Labute approximate surface area is 197 Å². The maximum atomic E-state index is 13.5. The second-order valence-corrected chi connectivity index (χ2v) is 9.47. The largest absolute Gasteiger partial charge is 0.338 e. The summed E-state index contributed by atoms with van der Waals surface area (Å²) in [5.74, 6) is -0.182. The van der Waals surface area contributed by atoms with Gasteiger partial charge in [0.2, 0.25) is 5.91 Å². The van der Waals surface area contributed by atoms with Crippen molar-refractivity contribution in [3.05, 3.63) is 70.2 Å². The average molecular weight is 472 g/mol. The Bertz CT molecular complexity index is 971. The summed E-state index contributed by atoms with van der Waals surface area (Å²) < 4.78 is 0. The first-order valence-corrected chi connectivity index (χ1v) is 12.5. The minimum Gasteiger partial charge on any atom is -0.338 e. The molecule has 8 heteroatoms. The Morgan fingerprint density at radius 2 is 1.56 bits per heavy atom. The van der Waals surface area contributed by atoms with E-state index < -0.39 is 6.04 Å². The van der Waals surface area contributed by atoms with Crippen molar-refractivity contribution in [2.45, 2.75) is 19.0 Å². The molecule has 1 atom stereocenters. The van der Waals surface area contributed by atoms with Gasteiger partial charge in [0.05, 0.1) is 11.1 Å². The topological polar surface area (TPSA) is 60.9 Å². The van der Waals surface area contributed by atoms with Crippen LogP contribution < -0.4 is 0 Å². The highest BCUT2D eigenvalue weighted by molar-refractivity contribution is 7.98. The predicted octanol–water partition coefficient (Wildman–Crippen LogP) is 3.40. The maximum absolute atomic E-state index is 13.5. The van der Waals surface area contributed by atoms with Crippen molar-refractivity contribution >= 4 is 41.1 Å². The lowest BCUT2D eigenvalue weighted by Gasteiger charge is -2.38. The molecule has 168 valence electrons. The van der Waals surface area contributed by atoms with Gasteiger partial charge in [0.15, 0.2) is 0 Å². The Morgan fingerprint density at radius 1 is 0.969 bits per heavy atom. The van der Waals surface area contributed by atoms with E-state index >= 15 is 0 Å². The number of hydrogen-bond donors (Lipinski definition) is 0. The molecule has 0 aliphatic carbocycles. The highest BCUT2D eigenvalue weighted by Gasteiger charge is 2.43. The molecule has 1 unspecified atom stereocenters. The van der Waals surface area contributed by atoms with E-state index in [2.05, 4.69) is 4.90 Å². The fourth-order valence-electron chi connectivity index (χ4n) is 4.27. The van der Waals surface area contributed by atoms with Crippen LogP contribution in [0.3, 0.4) is 0 Å². The molecule has 3 amide bonds. The van der Waals surface area contributed by atoms with E-state index in [1.165, 1.54) is 10.5 Å². The molecule has 0 spiro atoms. The number of rotatable bonds is 7. The highest BCUT2D eigenvalue weighted by Crippen LogP contribution is 2.27. The van der Waals surface area contributed by atoms with Gasteiger partial charge in [-0.05, 0) is 48.3 Å². The zero-order valence-corrected chi connectivity index (χ0v) is 19.6. The van der Waals surface area contributed by atoms with E-state index in [0.717, 1.165) is 19.6 Å². The molecule has 0 radical (unpaired) electrons. The second kappa shape index (κ2) is 10.1. The molecule has 0 aromatic heterocycles. The van der Waals surface area contributed by atoms with Crippen LogP contribution in [0, 0.1) is 0 Å². The lowest BCUT2D eigenvalue weighted by molar-refractivity contribution is -0.137. The number of hydrogen-bond acceptors (Lipinski definition) is 5. The van der Waals surface area contributed by atoms with Crippen LogP contribution in [0.1, 0.15) is 32.7 Å². The number of imide groups is 1. The molecule has 2 aromatic rings. The SMILES string of the molecule is CSCCC(C(=O)N1CCN(Cc2ccc(Cl)cc2)CC1)N1C(=O)c2ccccc2C1=O. The molecule has 0 bridgehead atoms. The van der Waals surface area contributed by atoms with E-state index in [0.29, 0.717) is 41.4 Å². The summed E-state index contributed by atoms with van der Waals surface area (Å²) in [5, 5.41) is 0.716. The molecule has 2 aliphatic rings. The van der Waals surface area contributed by atoms with Crippen LogP contribution in [-0.4, -0.2) is 76.7 Å². The van der Waals surface area contributed by atoms with Gasteiger partial charge in [-0.2, -0.15) is 11.8 Å². The monoisotopic (exact) mass is 471 g/mol. The van der Waals surface area contributed by atoms with E-state index in [9.17, 15) is 14.4 Å². The number of piperazine rings is 1. The molecule has 2 heterocycles. The molecule has 4 rings (SSSR count). The van der Waals surface area contributed by atoms with Crippen LogP contribution in [0.5, 0.6) is 0 Å². The van der Waals surface area contributed by atoms with E-state index in [1.54, 1.807) is 40.9 Å². The minimum atomic E-state index is -0.766. The fraction of sp³-hybridized carbons (Fsp3) is 0.375. The number of benzene rings is 2. The third kappa shape index (κ3) is 4.70. The van der Waals surface area contributed by atoms with E-state index in [-0.39, 0.29) is 17.7 Å². The smallest absolute Gasteiger partial charge is 0.262 e. The average Bonchev–Trinajstić information content (AvgIpc) is 3.07. The highest BCUT2D eigenvalue weighted by atomic mass is 35.5. The third-order valence-electron chi connectivity index (χ3n) is 6.02. The molecule has 0 N–H and O–H groups in total. The van der Waals surface area contributed by atoms with Crippen LogP contribution in [0.4, 0.5) is 0 Å². The first-order valence-electron chi connectivity index (χ1n) is 10.7. The molecular formula is C24H26ClN3O3S. The third-order valence-corrected chi connectivity index (χ3v) is 6.92. The van der Waals surface area contributed by atoms with Crippen LogP contribution in [-0.2, 0) is 11.3 Å². The van der Waals surface area contributed by atoms with Crippen LogP contribution in [0.25, 0.3) is 0 Å². The van der Waals surface area contributed by atoms with Gasteiger partial charge in [-0.1, -0.05) is 35.9 Å². The number of amides is 3. The molecule has 2 aromatic carbocycles. The molecule has 2 aliphatic heterocycles. The van der Waals surface area contributed by atoms with Gasteiger partial charge in [-0.25, -0.2) is 0 Å². The van der Waals surface area contributed by atoms with Gasteiger partial charge in [-0.15, -0.1) is 0 Å². The molecule has 0 saturated carbocycles. The quantitative estimate of drug-likeness (QED) is 0.579. The lowest BCUT2D eigenvalue weighted by atomic mass is 10.1. The number of carbonyl (C=O) groups is 3. The number of thioether (sulfide) groups is 1. The summed E-state index contributed by atoms with van der Waals surface area (Å²) in [6.45, 7) is 3.43. The number of nitrogens with zero attached hydrogens (tertiary/aromatic N) is 3. The number of carbonyl (C=O) groups excluding carboxylic acids is 3. The second-order valence-electron chi connectivity index (χ2n) is 8.05. The lowest BCUT2D eigenvalue weighted by Crippen LogP contribution is -2.56. The molecular weight excluding hydrogens is 446 g/mol. The van der Waals surface area contributed by atoms with Crippen molar-refractivity contribution in [3.63, 3.8) is 0 Å². The van der Waals surface area contributed by atoms with E-state index in [1.807, 2.05) is 30.5 Å².